The number of anilines is 1. The van der Waals surface area contributed by atoms with Gasteiger partial charge in [-0.15, -0.1) is 5.10 Å². The lowest BCUT2D eigenvalue weighted by atomic mass is 9.74. The molecule has 0 aliphatic heterocycles. The van der Waals surface area contributed by atoms with E-state index in [9.17, 15) is 5.11 Å². The molecule has 0 unspecified atom stereocenters. The number of aromatic nitrogens is 3. The molecule has 0 atom stereocenters. The first-order valence-electron chi connectivity index (χ1n) is 7.39. The first-order chi connectivity index (χ1) is 9.71. The molecule has 2 N–H and O–H groups in total. The Morgan fingerprint density at radius 3 is 2.90 bits per heavy atom. The number of aliphatic hydroxyl groups is 1. The average Bonchev–Trinajstić information content (AvgIpc) is 2.88. The van der Waals surface area contributed by atoms with Gasteiger partial charge in [0, 0.05) is 18.2 Å². The van der Waals surface area contributed by atoms with Crippen LogP contribution in [0.25, 0.3) is 5.65 Å². The normalized spacial score (nSPS) is 18.3. The summed E-state index contributed by atoms with van der Waals surface area (Å²) in [4.78, 5) is 4.48. The molecule has 5 nitrogen and oxygen atoms in total. The van der Waals surface area contributed by atoms with E-state index in [1.165, 1.54) is 24.8 Å². The van der Waals surface area contributed by atoms with Crippen LogP contribution in [0, 0.1) is 12.3 Å². The van der Waals surface area contributed by atoms with Crippen LogP contribution in [-0.4, -0.2) is 32.9 Å². The third-order valence-corrected chi connectivity index (χ3v) is 4.36. The fourth-order valence-electron chi connectivity index (χ4n) is 3.02. The highest BCUT2D eigenvalue weighted by Crippen LogP contribution is 2.35. The van der Waals surface area contributed by atoms with E-state index in [1.54, 1.807) is 4.52 Å². The Kier molecular flexibility index (Phi) is 3.61. The maximum absolute atomic E-state index is 9.71. The van der Waals surface area contributed by atoms with E-state index >= 15 is 0 Å². The maximum atomic E-state index is 9.71. The molecule has 5 heteroatoms. The molecule has 0 bridgehead atoms. The number of hydrogen-bond acceptors (Lipinski definition) is 4. The molecule has 3 rings (SSSR count). The van der Waals surface area contributed by atoms with Crippen LogP contribution in [0.1, 0.15) is 37.7 Å². The van der Waals surface area contributed by atoms with Crippen LogP contribution in [0.5, 0.6) is 0 Å². The van der Waals surface area contributed by atoms with Gasteiger partial charge in [0.2, 0.25) is 5.95 Å². The van der Waals surface area contributed by atoms with E-state index in [0.29, 0.717) is 5.95 Å². The van der Waals surface area contributed by atoms with Crippen LogP contribution in [0.3, 0.4) is 0 Å². The molecule has 1 saturated carbocycles. The second kappa shape index (κ2) is 5.40. The standard InChI is InChI=1S/C15H22N4O/c1-12-5-8-19-13(9-12)17-14(18-19)16-10-15(11-20)6-3-2-4-7-15/h5,8-9,20H,2-4,6-7,10-11H2,1H3,(H,16,18). The number of aryl methyl sites for hydroxylation is 1. The van der Waals surface area contributed by atoms with Crippen molar-refractivity contribution in [1.82, 2.24) is 14.6 Å². The Balaban J connectivity index is 1.72. The molecular weight excluding hydrogens is 252 g/mol. The predicted molar refractivity (Wildman–Crippen MR) is 78.8 cm³/mol. The van der Waals surface area contributed by atoms with Crippen LogP contribution in [0.15, 0.2) is 18.3 Å². The van der Waals surface area contributed by atoms with Gasteiger partial charge in [-0.2, -0.15) is 4.98 Å². The average molecular weight is 274 g/mol. The Hall–Kier alpha value is -1.62. The van der Waals surface area contributed by atoms with Gasteiger partial charge >= 0.3 is 0 Å². The summed E-state index contributed by atoms with van der Waals surface area (Å²) in [6, 6.07) is 4.03. The van der Waals surface area contributed by atoms with E-state index in [-0.39, 0.29) is 12.0 Å². The van der Waals surface area contributed by atoms with Gasteiger partial charge in [0.15, 0.2) is 5.65 Å². The molecule has 20 heavy (non-hydrogen) atoms. The monoisotopic (exact) mass is 274 g/mol. The van der Waals surface area contributed by atoms with Gasteiger partial charge in [-0.05, 0) is 37.5 Å². The quantitative estimate of drug-likeness (QED) is 0.898. The molecular formula is C15H22N4O. The summed E-state index contributed by atoms with van der Waals surface area (Å²) >= 11 is 0. The second-order valence-electron chi connectivity index (χ2n) is 6.01. The van der Waals surface area contributed by atoms with Crippen LogP contribution >= 0.6 is 0 Å². The molecule has 1 aliphatic carbocycles. The molecule has 0 radical (unpaired) electrons. The minimum atomic E-state index is 0.00560. The van der Waals surface area contributed by atoms with Gasteiger partial charge in [-0.1, -0.05) is 19.3 Å². The minimum Gasteiger partial charge on any atom is -0.396 e. The molecule has 2 aromatic heterocycles. The molecule has 108 valence electrons. The van der Waals surface area contributed by atoms with Crippen molar-refractivity contribution in [3.8, 4) is 0 Å². The summed E-state index contributed by atoms with van der Waals surface area (Å²) in [7, 11) is 0. The van der Waals surface area contributed by atoms with Crippen molar-refractivity contribution in [2.45, 2.75) is 39.0 Å². The second-order valence-corrected chi connectivity index (χ2v) is 6.01. The number of fused-ring (bicyclic) bond motifs is 1. The molecule has 0 saturated heterocycles. The number of nitrogens with zero attached hydrogens (tertiary/aromatic N) is 3. The lowest BCUT2D eigenvalue weighted by Gasteiger charge is -2.35. The largest absolute Gasteiger partial charge is 0.396 e. The molecule has 2 heterocycles. The van der Waals surface area contributed by atoms with Crippen molar-refractivity contribution in [3.05, 3.63) is 23.9 Å². The highest BCUT2D eigenvalue weighted by molar-refractivity contribution is 5.45. The Morgan fingerprint density at radius 2 is 2.15 bits per heavy atom. The summed E-state index contributed by atoms with van der Waals surface area (Å²) < 4.78 is 1.78. The Labute approximate surface area is 119 Å². The summed E-state index contributed by atoms with van der Waals surface area (Å²) in [5.74, 6) is 0.647. The maximum Gasteiger partial charge on any atom is 0.243 e. The summed E-state index contributed by atoms with van der Waals surface area (Å²) in [6.07, 6.45) is 7.80. The minimum absolute atomic E-state index is 0.00560. The SMILES string of the molecule is Cc1ccn2nc(NCC3(CO)CCCCC3)nc2c1. The van der Waals surface area contributed by atoms with Crippen LogP contribution in [-0.2, 0) is 0 Å². The van der Waals surface area contributed by atoms with Crippen molar-refractivity contribution in [3.63, 3.8) is 0 Å². The topological polar surface area (TPSA) is 62.5 Å². The van der Waals surface area contributed by atoms with E-state index < -0.39 is 0 Å². The van der Waals surface area contributed by atoms with Crippen molar-refractivity contribution >= 4 is 11.6 Å². The third kappa shape index (κ3) is 2.63. The zero-order valence-corrected chi connectivity index (χ0v) is 12.0. The number of pyridine rings is 1. The first kappa shape index (κ1) is 13.4. The number of rotatable bonds is 4. The smallest absolute Gasteiger partial charge is 0.243 e. The highest BCUT2D eigenvalue weighted by Gasteiger charge is 2.31. The van der Waals surface area contributed by atoms with Crippen molar-refractivity contribution in [1.29, 1.82) is 0 Å². The predicted octanol–water partition coefficient (Wildman–Crippen LogP) is 2.39. The van der Waals surface area contributed by atoms with Gasteiger partial charge in [-0.3, -0.25) is 0 Å². The highest BCUT2D eigenvalue weighted by atomic mass is 16.3. The number of nitrogens with one attached hydrogen (secondary N) is 1. The summed E-state index contributed by atoms with van der Waals surface area (Å²) in [5, 5.41) is 17.4. The van der Waals surface area contributed by atoms with Gasteiger partial charge in [0.05, 0.1) is 6.61 Å². The zero-order chi connectivity index (χ0) is 14.0. The number of hydrogen-bond donors (Lipinski definition) is 2. The molecule has 0 aromatic carbocycles. The van der Waals surface area contributed by atoms with Crippen LogP contribution in [0.2, 0.25) is 0 Å². The lowest BCUT2D eigenvalue weighted by Crippen LogP contribution is -2.35. The van der Waals surface area contributed by atoms with Crippen molar-refractivity contribution in [2.24, 2.45) is 5.41 Å². The lowest BCUT2D eigenvalue weighted by molar-refractivity contribution is 0.0942. The fraction of sp³-hybridized carbons (Fsp3) is 0.600. The fourth-order valence-corrected chi connectivity index (χ4v) is 3.02. The van der Waals surface area contributed by atoms with Crippen LogP contribution < -0.4 is 5.32 Å². The molecule has 1 fully saturated rings. The van der Waals surface area contributed by atoms with Gasteiger partial charge in [-0.25, -0.2) is 4.52 Å². The van der Waals surface area contributed by atoms with E-state index in [2.05, 4.69) is 15.4 Å². The van der Waals surface area contributed by atoms with Gasteiger partial charge in [0.25, 0.3) is 0 Å². The van der Waals surface area contributed by atoms with Crippen LogP contribution in [0.4, 0.5) is 5.95 Å². The summed E-state index contributed by atoms with van der Waals surface area (Å²) in [5.41, 5.74) is 2.04. The third-order valence-electron chi connectivity index (χ3n) is 4.36. The number of aliphatic hydroxyl groups excluding tert-OH is 1. The van der Waals surface area contributed by atoms with Crippen molar-refractivity contribution in [2.75, 3.05) is 18.5 Å². The van der Waals surface area contributed by atoms with E-state index in [1.807, 2.05) is 25.3 Å². The molecule has 1 aliphatic rings. The first-order valence-corrected chi connectivity index (χ1v) is 7.39. The van der Waals surface area contributed by atoms with Gasteiger partial charge in [0.1, 0.15) is 0 Å². The van der Waals surface area contributed by atoms with E-state index in [0.717, 1.165) is 25.0 Å². The van der Waals surface area contributed by atoms with Gasteiger partial charge < -0.3 is 10.4 Å². The van der Waals surface area contributed by atoms with Crippen molar-refractivity contribution < 1.29 is 5.11 Å². The Morgan fingerprint density at radius 1 is 1.35 bits per heavy atom. The Bertz CT molecular complexity index is 587. The molecule has 0 spiro atoms. The molecule has 2 aromatic rings. The molecule has 0 amide bonds. The van der Waals surface area contributed by atoms with E-state index in [4.69, 9.17) is 0 Å². The zero-order valence-electron chi connectivity index (χ0n) is 12.0. The summed E-state index contributed by atoms with van der Waals surface area (Å²) in [6.45, 7) is 3.04.